The van der Waals surface area contributed by atoms with Crippen molar-refractivity contribution < 1.29 is 4.42 Å². The lowest BCUT2D eigenvalue weighted by Gasteiger charge is -2.15. The van der Waals surface area contributed by atoms with E-state index in [0.717, 1.165) is 33.5 Å². The summed E-state index contributed by atoms with van der Waals surface area (Å²) in [6.07, 6.45) is 0. The van der Waals surface area contributed by atoms with Gasteiger partial charge in [-0.15, -0.1) is 10.2 Å². The summed E-state index contributed by atoms with van der Waals surface area (Å²) in [5, 5.41) is 13.8. The van der Waals surface area contributed by atoms with Crippen molar-refractivity contribution in [2.45, 2.75) is 0 Å². The van der Waals surface area contributed by atoms with Crippen LogP contribution in [0.3, 0.4) is 0 Å². The zero-order chi connectivity index (χ0) is 38.4. The molecule has 0 aliphatic rings. The average Bonchev–Trinajstić information content (AvgIpc) is 3.93. The van der Waals surface area contributed by atoms with E-state index < -0.39 is 0 Å². The molecule has 0 bridgehead atoms. The van der Waals surface area contributed by atoms with Crippen LogP contribution in [0.5, 0.6) is 0 Å². The molecule has 11 rings (SSSR count). The molecule has 2 aromatic heterocycles. The van der Waals surface area contributed by atoms with Crippen LogP contribution in [-0.2, 0) is 0 Å². The number of para-hydroxylation sites is 2. The maximum absolute atomic E-state index is 6.24. The highest BCUT2D eigenvalue weighted by Crippen LogP contribution is 2.41. The van der Waals surface area contributed by atoms with Gasteiger partial charge in [0.2, 0.25) is 11.8 Å². The van der Waals surface area contributed by atoms with Crippen molar-refractivity contribution in [3.05, 3.63) is 212 Å². The van der Waals surface area contributed by atoms with E-state index in [4.69, 9.17) is 4.42 Å². The summed E-state index contributed by atoms with van der Waals surface area (Å²) in [5.74, 6) is 0.982. The number of hydrogen-bond acceptors (Lipinski definition) is 3. The Morgan fingerprint density at radius 1 is 0.310 bits per heavy atom. The third-order valence-electron chi connectivity index (χ3n) is 11.2. The molecule has 0 N–H and O–H groups in total. The van der Waals surface area contributed by atoms with Crippen LogP contribution < -0.4 is 0 Å². The molecule has 9 aromatic carbocycles. The summed E-state index contributed by atoms with van der Waals surface area (Å²) >= 11 is 0. The van der Waals surface area contributed by atoms with E-state index >= 15 is 0 Å². The van der Waals surface area contributed by atoms with Crippen molar-refractivity contribution in [1.29, 1.82) is 0 Å². The Bertz CT molecular complexity index is 3260. The van der Waals surface area contributed by atoms with Gasteiger partial charge in [-0.2, -0.15) is 0 Å². The molecule has 0 radical (unpaired) electrons. The molecular weight excluding hydrogens is 707 g/mol. The largest absolute Gasteiger partial charge is 0.416 e. The maximum Gasteiger partial charge on any atom is 0.248 e. The number of benzene rings is 9. The van der Waals surface area contributed by atoms with E-state index in [9.17, 15) is 0 Å². The van der Waals surface area contributed by atoms with Crippen LogP contribution in [0.15, 0.2) is 217 Å². The predicted octanol–water partition coefficient (Wildman–Crippen LogP) is 14.3. The van der Waals surface area contributed by atoms with Gasteiger partial charge in [-0.3, -0.25) is 0 Å². The summed E-state index contributed by atoms with van der Waals surface area (Å²) in [4.78, 5) is 0. The first kappa shape index (κ1) is 33.5. The number of hydrogen-bond donors (Lipinski definition) is 0. The molecule has 2 heterocycles. The van der Waals surface area contributed by atoms with Gasteiger partial charge in [0, 0.05) is 27.6 Å². The first-order valence-electron chi connectivity index (χ1n) is 19.6. The van der Waals surface area contributed by atoms with E-state index in [1.807, 2.05) is 12.1 Å². The molecule has 4 heteroatoms. The minimum absolute atomic E-state index is 0.488. The summed E-state index contributed by atoms with van der Waals surface area (Å²) in [7, 11) is 0. The van der Waals surface area contributed by atoms with Crippen molar-refractivity contribution >= 4 is 32.6 Å². The van der Waals surface area contributed by atoms with E-state index in [1.54, 1.807) is 0 Å². The molecule has 272 valence electrons. The van der Waals surface area contributed by atoms with E-state index in [1.165, 1.54) is 60.4 Å². The molecule has 0 aliphatic carbocycles. The zero-order valence-corrected chi connectivity index (χ0v) is 31.5. The van der Waals surface area contributed by atoms with E-state index in [0.29, 0.717) is 11.8 Å². The van der Waals surface area contributed by atoms with Crippen LogP contribution in [0.25, 0.3) is 106 Å². The molecule has 0 fully saturated rings. The van der Waals surface area contributed by atoms with Gasteiger partial charge in [-0.05, 0) is 110 Å². The second-order valence-electron chi connectivity index (χ2n) is 14.6. The van der Waals surface area contributed by atoms with Gasteiger partial charge >= 0.3 is 0 Å². The predicted molar refractivity (Wildman–Crippen MR) is 239 cm³/mol. The second-order valence-corrected chi connectivity index (χ2v) is 14.6. The van der Waals surface area contributed by atoms with Crippen LogP contribution in [0.2, 0.25) is 0 Å². The fourth-order valence-corrected chi connectivity index (χ4v) is 8.45. The van der Waals surface area contributed by atoms with Crippen molar-refractivity contribution in [2.75, 3.05) is 0 Å². The lowest BCUT2D eigenvalue weighted by molar-refractivity contribution is 0.584. The minimum atomic E-state index is 0.488. The smallest absolute Gasteiger partial charge is 0.248 e. The van der Waals surface area contributed by atoms with Crippen LogP contribution in [0.4, 0.5) is 0 Å². The SMILES string of the molecule is c1ccc(-n2c3ccccc3c3cc(-c4ccccc4-c4ccccc4-c4ccc(-c5nnc(-c6ccc(-c7cccc8ccccc78)cc6)o5)cc4)ccc32)cc1. The van der Waals surface area contributed by atoms with Gasteiger partial charge < -0.3 is 8.98 Å². The zero-order valence-electron chi connectivity index (χ0n) is 31.5. The first-order chi connectivity index (χ1) is 28.8. The third kappa shape index (κ3) is 5.78. The molecule has 0 amide bonds. The molecule has 0 unspecified atom stereocenters. The first-order valence-corrected chi connectivity index (χ1v) is 19.6. The molecule has 0 atom stereocenters. The lowest BCUT2D eigenvalue weighted by Crippen LogP contribution is -1.93. The van der Waals surface area contributed by atoms with E-state index in [-0.39, 0.29) is 0 Å². The number of rotatable bonds is 7. The molecule has 0 saturated heterocycles. The Kier molecular flexibility index (Phi) is 8.11. The van der Waals surface area contributed by atoms with Crippen molar-refractivity contribution in [1.82, 2.24) is 14.8 Å². The van der Waals surface area contributed by atoms with Crippen molar-refractivity contribution in [2.24, 2.45) is 0 Å². The highest BCUT2D eigenvalue weighted by atomic mass is 16.4. The summed E-state index contributed by atoms with van der Waals surface area (Å²) < 4.78 is 8.60. The fraction of sp³-hybridized carbons (Fsp3) is 0. The normalized spacial score (nSPS) is 11.4. The number of aromatic nitrogens is 3. The second kappa shape index (κ2) is 14.0. The maximum atomic E-state index is 6.24. The molecule has 0 saturated carbocycles. The molecule has 4 nitrogen and oxygen atoms in total. The van der Waals surface area contributed by atoms with Crippen LogP contribution >= 0.6 is 0 Å². The summed E-state index contributed by atoms with van der Waals surface area (Å²) in [6, 6.07) is 75.2. The molecule has 58 heavy (non-hydrogen) atoms. The van der Waals surface area contributed by atoms with Crippen LogP contribution in [-0.4, -0.2) is 14.8 Å². The van der Waals surface area contributed by atoms with Crippen molar-refractivity contribution in [3.8, 4) is 73.1 Å². The van der Waals surface area contributed by atoms with Gasteiger partial charge in [0.25, 0.3) is 0 Å². The Balaban J connectivity index is 0.903. The minimum Gasteiger partial charge on any atom is -0.416 e. The Morgan fingerprint density at radius 3 is 1.47 bits per heavy atom. The summed E-state index contributed by atoms with van der Waals surface area (Å²) in [5.41, 5.74) is 14.6. The molecule has 11 aromatic rings. The summed E-state index contributed by atoms with van der Waals surface area (Å²) in [6.45, 7) is 0. The van der Waals surface area contributed by atoms with Crippen LogP contribution in [0, 0.1) is 0 Å². The van der Waals surface area contributed by atoms with Gasteiger partial charge in [0.05, 0.1) is 11.0 Å². The van der Waals surface area contributed by atoms with Gasteiger partial charge in [0.1, 0.15) is 0 Å². The number of fused-ring (bicyclic) bond motifs is 4. The molecule has 0 spiro atoms. The number of nitrogens with zero attached hydrogens (tertiary/aromatic N) is 3. The lowest BCUT2D eigenvalue weighted by atomic mass is 9.89. The van der Waals surface area contributed by atoms with Gasteiger partial charge in [-0.1, -0.05) is 158 Å². The standard InChI is InChI=1S/C54H35N3O/c1-2-15-42(16-3-1)57-51-24-11-10-22-49(51)50-35-41(33-34-52(50)57)46-19-7-9-21-48(46)47-20-8-6-18-45(47)38-27-31-40(32-28-38)54-56-55-53(58-54)39-29-25-37(26-30-39)44-23-12-14-36-13-4-5-17-43(36)44/h1-35H. The topological polar surface area (TPSA) is 43.9 Å². The highest BCUT2D eigenvalue weighted by molar-refractivity contribution is 6.11. The van der Waals surface area contributed by atoms with Crippen LogP contribution in [0.1, 0.15) is 0 Å². The van der Waals surface area contributed by atoms with Crippen molar-refractivity contribution in [3.63, 3.8) is 0 Å². The van der Waals surface area contributed by atoms with Gasteiger partial charge in [0.15, 0.2) is 0 Å². The molecule has 0 aliphatic heterocycles. The Hall–Kier alpha value is -7.82. The average molecular weight is 742 g/mol. The Morgan fingerprint density at radius 2 is 0.776 bits per heavy atom. The monoisotopic (exact) mass is 741 g/mol. The third-order valence-corrected chi connectivity index (χ3v) is 11.2. The highest BCUT2D eigenvalue weighted by Gasteiger charge is 2.17. The fourth-order valence-electron chi connectivity index (χ4n) is 8.45. The molecular formula is C54H35N3O. The Labute approximate surface area is 335 Å². The van der Waals surface area contributed by atoms with E-state index in [2.05, 4.69) is 215 Å². The van der Waals surface area contributed by atoms with Gasteiger partial charge in [-0.25, -0.2) is 0 Å². The quantitative estimate of drug-likeness (QED) is 0.163.